The lowest BCUT2D eigenvalue weighted by molar-refractivity contribution is -0.0859. The highest BCUT2D eigenvalue weighted by atomic mass is 14.6. The van der Waals surface area contributed by atoms with Crippen LogP contribution in [0.4, 0.5) is 0 Å². The van der Waals surface area contributed by atoms with Gasteiger partial charge in [-0.05, 0) is 61.2 Å². The lowest BCUT2D eigenvalue weighted by atomic mass is 9.47. The van der Waals surface area contributed by atoms with Crippen LogP contribution in [0.3, 0.4) is 0 Å². The number of rotatable bonds is 0. The third-order valence-electron chi connectivity index (χ3n) is 5.69. The van der Waals surface area contributed by atoms with Crippen LogP contribution in [-0.2, 0) is 0 Å². The van der Waals surface area contributed by atoms with Crippen molar-refractivity contribution < 1.29 is 0 Å². The zero-order valence-electron chi connectivity index (χ0n) is 10.5. The van der Waals surface area contributed by atoms with E-state index < -0.39 is 0 Å². The Morgan fingerprint density at radius 1 is 1.20 bits per heavy atom. The Labute approximate surface area is 94.1 Å². The first-order valence-corrected chi connectivity index (χ1v) is 6.69. The second-order valence-corrected chi connectivity index (χ2v) is 7.18. The fraction of sp³-hybridized carbons (Fsp3) is 0.867. The maximum Gasteiger partial charge on any atom is -0.0254 e. The lowest BCUT2D eigenvalue weighted by Crippen LogP contribution is -2.50. The largest absolute Gasteiger partial charge is 0.0853 e. The predicted molar refractivity (Wildman–Crippen MR) is 64.7 cm³/mol. The van der Waals surface area contributed by atoms with E-state index in [1.807, 2.05) is 0 Å². The fourth-order valence-electron chi connectivity index (χ4n) is 4.70. The highest BCUT2D eigenvalue weighted by molar-refractivity contribution is 5.17. The standard InChI is InChI=1S/C15H24/c1-14(2)10-13-12(14)7-6-11-5-4-8-15(13,3)9-11/h5,12-13H,4,6-10H2,1-3H3/t12-,13+,15+/m1/s1. The Morgan fingerprint density at radius 3 is 2.73 bits per heavy atom. The van der Waals surface area contributed by atoms with Crippen LogP contribution in [0.2, 0.25) is 0 Å². The van der Waals surface area contributed by atoms with Crippen LogP contribution in [0.25, 0.3) is 0 Å². The second-order valence-electron chi connectivity index (χ2n) is 7.18. The summed E-state index contributed by atoms with van der Waals surface area (Å²) in [5.41, 5.74) is 3.10. The monoisotopic (exact) mass is 204 g/mol. The third-order valence-corrected chi connectivity index (χ3v) is 5.69. The summed E-state index contributed by atoms with van der Waals surface area (Å²) in [7, 11) is 0. The van der Waals surface area contributed by atoms with E-state index in [4.69, 9.17) is 0 Å². The summed E-state index contributed by atoms with van der Waals surface area (Å²) in [6, 6.07) is 0. The normalized spacial score (nSPS) is 47.3. The molecule has 0 aromatic rings. The Bertz CT molecular complexity index is 310. The average Bonchev–Trinajstić information content (AvgIpc) is 2.21. The Kier molecular flexibility index (Phi) is 1.92. The van der Waals surface area contributed by atoms with Crippen LogP contribution in [0.5, 0.6) is 0 Å². The Morgan fingerprint density at radius 2 is 2.00 bits per heavy atom. The van der Waals surface area contributed by atoms with E-state index in [1.54, 1.807) is 5.57 Å². The van der Waals surface area contributed by atoms with E-state index >= 15 is 0 Å². The molecule has 0 aromatic carbocycles. The molecule has 0 aromatic heterocycles. The van der Waals surface area contributed by atoms with Crippen molar-refractivity contribution in [2.75, 3.05) is 0 Å². The highest BCUT2D eigenvalue weighted by Gasteiger charge is 2.55. The zero-order valence-corrected chi connectivity index (χ0v) is 10.5. The molecule has 0 radical (unpaired) electrons. The molecule has 3 rings (SSSR count). The first-order chi connectivity index (χ1) is 7.01. The van der Waals surface area contributed by atoms with Crippen LogP contribution in [0, 0.1) is 22.7 Å². The molecule has 0 nitrogen and oxygen atoms in total. The van der Waals surface area contributed by atoms with Crippen LogP contribution < -0.4 is 0 Å². The predicted octanol–water partition coefficient (Wildman–Crippen LogP) is 4.56. The summed E-state index contributed by atoms with van der Waals surface area (Å²) >= 11 is 0. The summed E-state index contributed by atoms with van der Waals surface area (Å²) in [5.74, 6) is 2.06. The van der Waals surface area contributed by atoms with Crippen molar-refractivity contribution in [1.29, 1.82) is 0 Å². The molecule has 2 saturated carbocycles. The smallest absolute Gasteiger partial charge is 0.0254 e. The van der Waals surface area contributed by atoms with Crippen molar-refractivity contribution in [1.82, 2.24) is 0 Å². The summed E-state index contributed by atoms with van der Waals surface area (Å²) < 4.78 is 0. The minimum atomic E-state index is 0.645. The van der Waals surface area contributed by atoms with Gasteiger partial charge in [0.1, 0.15) is 0 Å². The van der Waals surface area contributed by atoms with Gasteiger partial charge in [0.05, 0.1) is 0 Å². The van der Waals surface area contributed by atoms with Crippen molar-refractivity contribution in [3.05, 3.63) is 11.6 Å². The molecule has 0 amide bonds. The molecule has 3 aliphatic rings. The van der Waals surface area contributed by atoms with E-state index in [2.05, 4.69) is 26.8 Å². The number of hydrogen-bond donors (Lipinski definition) is 0. The van der Waals surface area contributed by atoms with E-state index in [0.29, 0.717) is 10.8 Å². The molecule has 0 N–H and O–H groups in total. The van der Waals surface area contributed by atoms with Crippen LogP contribution >= 0.6 is 0 Å². The molecular formula is C15H24. The summed E-state index contributed by atoms with van der Waals surface area (Å²) in [4.78, 5) is 0. The van der Waals surface area contributed by atoms with Crippen LogP contribution in [-0.4, -0.2) is 0 Å². The molecule has 0 unspecified atom stereocenters. The van der Waals surface area contributed by atoms with Crippen LogP contribution in [0.1, 0.15) is 59.3 Å². The van der Waals surface area contributed by atoms with Gasteiger partial charge >= 0.3 is 0 Å². The molecule has 15 heavy (non-hydrogen) atoms. The van der Waals surface area contributed by atoms with Crippen molar-refractivity contribution in [3.8, 4) is 0 Å². The van der Waals surface area contributed by atoms with Gasteiger partial charge in [0, 0.05) is 0 Å². The maximum absolute atomic E-state index is 2.57. The third kappa shape index (κ3) is 1.33. The molecule has 0 heteroatoms. The topological polar surface area (TPSA) is 0 Å². The first-order valence-electron chi connectivity index (χ1n) is 6.69. The fourth-order valence-corrected chi connectivity index (χ4v) is 4.70. The first kappa shape index (κ1) is 9.93. The van der Waals surface area contributed by atoms with E-state index in [0.717, 1.165) is 11.8 Å². The molecule has 2 bridgehead atoms. The number of hydrogen-bond acceptors (Lipinski definition) is 0. The van der Waals surface area contributed by atoms with Gasteiger partial charge < -0.3 is 0 Å². The van der Waals surface area contributed by atoms with Gasteiger partial charge in [0.2, 0.25) is 0 Å². The SMILES string of the molecule is CC1(C)C[C@H]2[C@H]1CCC1=CCC[C@@]2(C)C1. The van der Waals surface area contributed by atoms with Gasteiger partial charge in [-0.1, -0.05) is 32.4 Å². The van der Waals surface area contributed by atoms with Crippen molar-refractivity contribution in [2.24, 2.45) is 22.7 Å². The molecule has 0 saturated heterocycles. The minimum absolute atomic E-state index is 0.645. The molecule has 3 atom stereocenters. The van der Waals surface area contributed by atoms with Gasteiger partial charge in [-0.2, -0.15) is 0 Å². The summed E-state index contributed by atoms with van der Waals surface area (Å²) in [6.07, 6.45) is 11.1. The van der Waals surface area contributed by atoms with Gasteiger partial charge in [-0.25, -0.2) is 0 Å². The molecular weight excluding hydrogens is 180 g/mol. The number of fused-ring (bicyclic) bond motifs is 4. The van der Waals surface area contributed by atoms with Crippen molar-refractivity contribution in [3.63, 3.8) is 0 Å². The van der Waals surface area contributed by atoms with Crippen molar-refractivity contribution >= 4 is 0 Å². The Balaban J connectivity index is 1.93. The van der Waals surface area contributed by atoms with Crippen LogP contribution in [0.15, 0.2) is 11.6 Å². The summed E-state index contributed by atoms with van der Waals surface area (Å²) in [6.45, 7) is 7.54. The second kappa shape index (κ2) is 2.90. The lowest BCUT2D eigenvalue weighted by Gasteiger charge is -2.58. The zero-order chi connectivity index (χ0) is 10.7. The van der Waals surface area contributed by atoms with Gasteiger partial charge in [0.15, 0.2) is 0 Å². The molecule has 3 aliphatic carbocycles. The molecule has 2 fully saturated rings. The highest BCUT2D eigenvalue weighted by Crippen LogP contribution is 2.64. The number of allylic oxidation sites excluding steroid dienone is 2. The van der Waals surface area contributed by atoms with Crippen molar-refractivity contribution in [2.45, 2.75) is 59.3 Å². The van der Waals surface area contributed by atoms with E-state index in [1.165, 1.54) is 38.5 Å². The van der Waals surface area contributed by atoms with Gasteiger partial charge in [-0.3, -0.25) is 0 Å². The van der Waals surface area contributed by atoms with E-state index in [9.17, 15) is 0 Å². The summed E-state index contributed by atoms with van der Waals surface area (Å²) in [5, 5.41) is 0. The minimum Gasteiger partial charge on any atom is -0.0853 e. The molecule has 0 aliphatic heterocycles. The molecule has 0 heterocycles. The average molecular weight is 204 g/mol. The van der Waals surface area contributed by atoms with Gasteiger partial charge in [-0.15, -0.1) is 0 Å². The molecule has 84 valence electrons. The molecule has 0 spiro atoms. The van der Waals surface area contributed by atoms with E-state index in [-0.39, 0.29) is 0 Å². The van der Waals surface area contributed by atoms with Gasteiger partial charge in [0.25, 0.3) is 0 Å². The quantitative estimate of drug-likeness (QED) is 0.507. The Hall–Kier alpha value is -0.260. The maximum atomic E-state index is 2.57.